The summed E-state index contributed by atoms with van der Waals surface area (Å²) in [6.45, 7) is 32.4. The number of carboxylic acid groups (broad SMARTS) is 3. The molecule has 1 saturated heterocycles. The Morgan fingerprint density at radius 3 is 1.27 bits per heavy atom. The largest absolute Gasteiger partial charge is 0.478 e. The molecule has 7 atom stereocenters. The highest BCUT2D eigenvalue weighted by Crippen LogP contribution is 2.67. The van der Waals surface area contributed by atoms with Crippen LogP contribution in [0, 0.1) is 32.1 Å². The van der Waals surface area contributed by atoms with Crippen molar-refractivity contribution in [2.45, 2.75) is 165 Å². The zero-order valence-corrected chi connectivity index (χ0v) is 54.7. The highest BCUT2D eigenvalue weighted by atomic mass is 32.2. The summed E-state index contributed by atoms with van der Waals surface area (Å²) in [6.07, 6.45) is -0.472. The topological polar surface area (TPSA) is 255 Å². The van der Waals surface area contributed by atoms with E-state index in [1.54, 1.807) is 48.5 Å². The van der Waals surface area contributed by atoms with Crippen molar-refractivity contribution in [1.82, 2.24) is 4.90 Å². The molecule has 81 heavy (non-hydrogen) atoms. The van der Waals surface area contributed by atoms with E-state index in [0.29, 0.717) is 16.7 Å². The van der Waals surface area contributed by atoms with E-state index in [4.69, 9.17) is 17.7 Å². The molecule has 0 saturated carbocycles. The first-order valence-corrected chi connectivity index (χ1v) is 36.8. The van der Waals surface area contributed by atoms with Crippen LogP contribution in [0.1, 0.15) is 132 Å². The molecule has 0 bridgehead atoms. The molecule has 2 heterocycles. The molecule has 5 unspecified atom stereocenters. The molecule has 18 nitrogen and oxygen atoms in total. The number of carboxylic acids is 3. The summed E-state index contributed by atoms with van der Waals surface area (Å²) in [5.41, 5.74) is 0.649. The Morgan fingerprint density at radius 1 is 0.580 bits per heavy atom. The second-order valence-corrected chi connectivity index (χ2v) is 40.2. The van der Waals surface area contributed by atoms with Gasteiger partial charge >= 0.3 is 17.9 Å². The number of carbonyl (C=O) groups excluding carboxylic acids is 1. The Bertz CT molecular complexity index is 3030. The van der Waals surface area contributed by atoms with Crippen molar-refractivity contribution in [3.05, 3.63) is 161 Å². The van der Waals surface area contributed by atoms with Gasteiger partial charge in [-0.25, -0.2) is 14.4 Å². The molecule has 6 rings (SSSR count). The zero-order chi connectivity index (χ0) is 60.7. The van der Waals surface area contributed by atoms with Gasteiger partial charge in [0.25, 0.3) is 11.4 Å². The number of β-lactam (4-membered cyclic amide) rings is 1. The number of hydrogen-bond acceptors (Lipinski definition) is 13. The molecule has 0 radical (unpaired) electrons. The summed E-state index contributed by atoms with van der Waals surface area (Å²) in [7, 11) is -10.4. The summed E-state index contributed by atoms with van der Waals surface area (Å²) in [5, 5.41) is 55.7. The minimum absolute atomic E-state index is 0.0590. The van der Waals surface area contributed by atoms with Crippen LogP contribution in [0.2, 0.25) is 46.3 Å². The Morgan fingerprint density at radius 2 is 0.938 bits per heavy atom. The Balaban J connectivity index is 1.84. The van der Waals surface area contributed by atoms with E-state index in [9.17, 15) is 49.9 Å². The van der Waals surface area contributed by atoms with Crippen LogP contribution in [0.3, 0.4) is 0 Å². The molecular formula is C58H79N3O15SSi4. The Hall–Kier alpha value is -5.64. The summed E-state index contributed by atoms with van der Waals surface area (Å²) in [5.74, 6) is -10.9. The normalized spacial score (nSPS) is 19.7. The van der Waals surface area contributed by atoms with Crippen LogP contribution in [-0.2, 0) is 51.7 Å². The van der Waals surface area contributed by atoms with Crippen molar-refractivity contribution in [3.8, 4) is 0 Å². The minimum atomic E-state index is -2.61. The molecule has 0 aromatic heterocycles. The number of hydrogen-bond donors (Lipinski definition) is 3. The first-order chi connectivity index (χ1) is 37.3. The van der Waals surface area contributed by atoms with Gasteiger partial charge in [-0.05, 0) is 94.6 Å². The van der Waals surface area contributed by atoms with Crippen LogP contribution in [0.15, 0.2) is 108 Å². The summed E-state index contributed by atoms with van der Waals surface area (Å²) in [4.78, 5) is 79.1. The average molecular weight is 1200 g/mol. The number of amides is 1. The second kappa shape index (κ2) is 23.9. The third-order valence-electron chi connectivity index (χ3n) is 16.2. The number of nitro benzene ring substituents is 2. The molecule has 1 amide bonds. The molecule has 23 heteroatoms. The minimum Gasteiger partial charge on any atom is -0.478 e. The van der Waals surface area contributed by atoms with Gasteiger partial charge in [0.2, 0.25) is 5.91 Å². The van der Waals surface area contributed by atoms with E-state index in [1.807, 2.05) is 109 Å². The Kier molecular flexibility index (Phi) is 19.0. The molecule has 2 aliphatic rings. The van der Waals surface area contributed by atoms with Crippen molar-refractivity contribution in [1.29, 1.82) is 0 Å². The highest BCUT2D eigenvalue weighted by molar-refractivity contribution is 8.04. The quantitative estimate of drug-likeness (QED) is 0.0205. The first-order valence-electron chi connectivity index (χ1n) is 27.1. The standard InChI is InChI=1S/C58H79N3O15SSi4/c1-52(2,3)78(13)73-57(74-79(14)53(4,5)6,40-21-17-19-38(33-40)49(63)64)44(31-36-23-27-42(28-24-36)60(69)70)48-47(51(67)68)59-46(62)35-56(59,77-48)45(32-37-25-29-43(30-26-37)61(71)72)58(75-80(15)54(7,8)9,76-81(16)55(10,11)12)41-22-18-20-39(34-41)50(65)66/h17-30,33-34,44-45,78-81H,31-32,35H2,1-16H3,(H,63,64)(H,65,66)(H,67,68)/t44-,45-,56?,57?,58?,78?,79?,80?,81?/m0/s1. The van der Waals surface area contributed by atoms with Gasteiger partial charge in [-0.1, -0.05) is 143 Å². The van der Waals surface area contributed by atoms with Crippen molar-refractivity contribution in [2.24, 2.45) is 11.8 Å². The lowest BCUT2D eigenvalue weighted by atomic mass is 9.75. The van der Waals surface area contributed by atoms with Crippen LogP contribution >= 0.6 is 11.8 Å². The number of fused-ring (bicyclic) bond motifs is 1. The fourth-order valence-corrected chi connectivity index (χ4v) is 16.6. The fraction of sp³-hybridized carbons (Fsp3) is 0.483. The maximum absolute atomic E-state index is 15.2. The monoisotopic (exact) mass is 1200 g/mol. The molecule has 1 fully saturated rings. The molecule has 0 aliphatic carbocycles. The summed E-state index contributed by atoms with van der Waals surface area (Å²) >= 11 is 1.12. The number of rotatable bonds is 23. The van der Waals surface area contributed by atoms with Crippen LogP contribution in [-0.4, -0.2) is 94.9 Å². The van der Waals surface area contributed by atoms with E-state index in [2.05, 4.69) is 0 Å². The first kappa shape index (κ1) is 64.5. The van der Waals surface area contributed by atoms with Gasteiger partial charge in [-0.15, -0.1) is 0 Å². The van der Waals surface area contributed by atoms with Gasteiger partial charge in [0.1, 0.15) is 10.6 Å². The smallest absolute Gasteiger partial charge is 0.353 e. The van der Waals surface area contributed by atoms with Crippen LogP contribution in [0.25, 0.3) is 0 Å². The number of aromatic carboxylic acids is 2. The number of benzene rings is 4. The lowest BCUT2D eigenvalue weighted by Crippen LogP contribution is -2.69. The molecule has 438 valence electrons. The molecule has 3 N–H and O–H groups in total. The predicted molar refractivity (Wildman–Crippen MR) is 322 cm³/mol. The van der Waals surface area contributed by atoms with Gasteiger partial charge in [-0.3, -0.25) is 29.9 Å². The maximum atomic E-state index is 15.2. The Labute approximate surface area is 485 Å². The van der Waals surface area contributed by atoms with Crippen LogP contribution in [0.4, 0.5) is 11.4 Å². The second-order valence-electron chi connectivity index (χ2n) is 25.8. The molecule has 0 spiro atoms. The van der Waals surface area contributed by atoms with Crippen LogP contribution in [0.5, 0.6) is 0 Å². The van der Waals surface area contributed by atoms with Crippen molar-refractivity contribution in [3.63, 3.8) is 0 Å². The van der Waals surface area contributed by atoms with E-state index in [0.717, 1.165) is 11.8 Å². The van der Waals surface area contributed by atoms with Gasteiger partial charge in [0.15, 0.2) is 47.7 Å². The third-order valence-corrected chi connectivity index (χ3v) is 30.5. The van der Waals surface area contributed by atoms with Gasteiger partial charge < -0.3 is 33.0 Å². The van der Waals surface area contributed by atoms with Crippen molar-refractivity contribution >= 4 is 83.1 Å². The SMILES string of the molecule is C[SiH](OC(O[SiH](C)C(C)(C)C)(c1cccc(C(=O)O)c1)[C@@H](Cc1ccc([N+](=O)[O-])cc1)C12CC(=O)N1C(C(=O)O)=C([C@H](Cc1ccc([N+](=O)[O-])cc1)C(O[SiH](C)C(C)(C)C)(O[SiH](C)C(C)(C)C)c1cccc(C(=O)O)c1)S2)C(C)(C)C. The highest BCUT2D eigenvalue weighted by Gasteiger charge is 2.71. The summed E-state index contributed by atoms with van der Waals surface area (Å²) in [6, 6.07) is 24.3. The van der Waals surface area contributed by atoms with Crippen LogP contribution < -0.4 is 0 Å². The van der Waals surface area contributed by atoms with Gasteiger partial charge in [-0.2, -0.15) is 0 Å². The number of nitrogens with zero attached hydrogens (tertiary/aromatic N) is 3. The number of non-ortho nitro benzene ring substituents is 2. The lowest BCUT2D eigenvalue weighted by molar-refractivity contribution is -0.385. The van der Waals surface area contributed by atoms with E-state index < -0.39 is 124 Å². The van der Waals surface area contributed by atoms with Crippen molar-refractivity contribution < 1.29 is 62.0 Å². The molecule has 4 aromatic carbocycles. The van der Waals surface area contributed by atoms with Gasteiger partial charge in [0, 0.05) is 40.3 Å². The zero-order valence-electron chi connectivity index (χ0n) is 49.3. The summed E-state index contributed by atoms with van der Waals surface area (Å²) < 4.78 is 30.8. The molecule has 4 aromatic rings. The lowest BCUT2D eigenvalue weighted by Gasteiger charge is -2.58. The van der Waals surface area contributed by atoms with Crippen molar-refractivity contribution in [2.75, 3.05) is 0 Å². The average Bonchev–Trinajstić information content (AvgIpc) is 2.39. The van der Waals surface area contributed by atoms with E-state index >= 15 is 4.79 Å². The van der Waals surface area contributed by atoms with E-state index in [-0.39, 0.29) is 52.2 Å². The van der Waals surface area contributed by atoms with Gasteiger partial charge in [0.05, 0.1) is 39.2 Å². The number of aliphatic carboxylic acids is 1. The number of carbonyl (C=O) groups is 4. The molecule has 2 aliphatic heterocycles. The maximum Gasteiger partial charge on any atom is 0.353 e. The van der Waals surface area contributed by atoms with E-state index in [1.165, 1.54) is 53.4 Å². The number of nitro groups is 2. The third kappa shape index (κ3) is 13.7. The fourth-order valence-electron chi connectivity index (χ4n) is 9.55. The number of thioether (sulfide) groups is 1. The molecular weight excluding hydrogens is 1120 g/mol. The predicted octanol–water partition coefficient (Wildman–Crippen LogP) is 12.3.